The number of benzene rings is 1. The number of hydrogen-bond acceptors (Lipinski definition) is 4. The van der Waals surface area contributed by atoms with E-state index in [1.165, 1.54) is 38.2 Å². The molecule has 1 amide bonds. The van der Waals surface area contributed by atoms with Crippen molar-refractivity contribution < 1.29 is 32.7 Å². The van der Waals surface area contributed by atoms with Crippen molar-refractivity contribution in [3.63, 3.8) is 0 Å². The van der Waals surface area contributed by atoms with Crippen LogP contribution in [0.25, 0.3) is 21.8 Å². The van der Waals surface area contributed by atoms with Crippen LogP contribution in [0.2, 0.25) is 0 Å². The molecular formula is C20H18F3N3O5. The second kappa shape index (κ2) is 7.89. The molecule has 1 unspecified atom stereocenters. The Balaban J connectivity index is 1.91. The second-order valence-corrected chi connectivity index (χ2v) is 7.38. The third kappa shape index (κ3) is 4.30. The van der Waals surface area contributed by atoms with E-state index in [9.17, 15) is 32.3 Å². The number of pyridine rings is 1. The number of ketones is 1. The minimum absolute atomic E-state index is 0.0211. The summed E-state index contributed by atoms with van der Waals surface area (Å²) in [4.78, 5) is 50.5. The quantitative estimate of drug-likeness (QED) is 0.547. The highest BCUT2D eigenvalue weighted by molar-refractivity contribution is 6.08. The number of carbonyl (C=O) groups excluding carboxylic acids is 2. The topological polar surface area (TPSA) is 121 Å². The molecule has 0 aliphatic carbocycles. The van der Waals surface area contributed by atoms with Crippen LogP contribution in [0.4, 0.5) is 13.2 Å². The molecule has 3 N–H and O–H groups in total. The molecule has 0 saturated carbocycles. The number of Topliss-reactive ketones (excluding diaryl/α,β-unsaturated/α-hetero) is 1. The first-order chi connectivity index (χ1) is 14.4. The molecule has 164 valence electrons. The number of carboxylic acid groups (broad SMARTS) is 1. The minimum atomic E-state index is -5.10. The number of nitrogens with zero attached hydrogens (tertiary/aromatic N) is 1. The van der Waals surface area contributed by atoms with Crippen LogP contribution in [0.5, 0.6) is 0 Å². The van der Waals surface area contributed by atoms with Crippen molar-refractivity contribution in [3.8, 4) is 0 Å². The molecule has 0 bridgehead atoms. The summed E-state index contributed by atoms with van der Waals surface area (Å²) in [5, 5.41) is 12.3. The monoisotopic (exact) mass is 437 g/mol. The number of alkyl halides is 3. The lowest BCUT2D eigenvalue weighted by Crippen LogP contribution is -2.50. The number of halogens is 3. The van der Waals surface area contributed by atoms with E-state index in [-0.39, 0.29) is 11.1 Å². The normalized spacial score (nSPS) is 13.0. The van der Waals surface area contributed by atoms with E-state index >= 15 is 0 Å². The van der Waals surface area contributed by atoms with E-state index in [0.29, 0.717) is 16.3 Å². The zero-order chi connectivity index (χ0) is 23.1. The van der Waals surface area contributed by atoms with Gasteiger partial charge in [0, 0.05) is 22.5 Å². The Morgan fingerprint density at radius 3 is 2.42 bits per heavy atom. The fourth-order valence-corrected chi connectivity index (χ4v) is 3.28. The summed E-state index contributed by atoms with van der Waals surface area (Å²) in [6.07, 6.45) is -3.80. The molecule has 2 heterocycles. The maximum Gasteiger partial charge on any atom is 0.452 e. The smallest absolute Gasteiger partial charge is 0.452 e. The van der Waals surface area contributed by atoms with Gasteiger partial charge < -0.3 is 20.0 Å². The van der Waals surface area contributed by atoms with E-state index < -0.39 is 47.9 Å². The number of rotatable bonds is 6. The Labute approximate surface area is 172 Å². The Hall–Kier alpha value is -3.63. The molecule has 0 saturated heterocycles. The first-order valence-corrected chi connectivity index (χ1v) is 9.18. The van der Waals surface area contributed by atoms with Crippen molar-refractivity contribution in [2.24, 2.45) is 5.92 Å². The molecule has 3 rings (SSSR count). The Kier molecular flexibility index (Phi) is 5.62. The fraction of sp³-hybridized carbons (Fsp3) is 0.300. The molecule has 0 fully saturated rings. The van der Waals surface area contributed by atoms with Crippen molar-refractivity contribution in [2.45, 2.75) is 32.6 Å². The van der Waals surface area contributed by atoms with Crippen molar-refractivity contribution in [1.82, 2.24) is 14.9 Å². The van der Waals surface area contributed by atoms with E-state index in [1.54, 1.807) is 6.07 Å². The molecule has 0 aliphatic heterocycles. The molecule has 2 aromatic heterocycles. The zero-order valence-electron chi connectivity index (χ0n) is 16.4. The standard InChI is InChI=1S/C20H18F3N3O5/c1-9(2)15(17(28)20(21,22)23)25-14(27)8-26-6-5-12-11-4-3-10(19(30)31)7-13(11)24-16(12)18(26)29/h3-7,9,15,24H,8H2,1-2H3,(H,25,27)(H,30,31). The second-order valence-electron chi connectivity index (χ2n) is 7.38. The van der Waals surface area contributed by atoms with Gasteiger partial charge in [0.1, 0.15) is 12.1 Å². The summed E-state index contributed by atoms with van der Waals surface area (Å²) in [5.41, 5.74) is -0.0822. The summed E-state index contributed by atoms with van der Waals surface area (Å²) in [6.45, 7) is 2.13. The van der Waals surface area contributed by atoms with Gasteiger partial charge in [-0.05, 0) is 24.1 Å². The maximum absolute atomic E-state index is 12.8. The van der Waals surface area contributed by atoms with Gasteiger partial charge >= 0.3 is 12.1 Å². The third-order valence-electron chi connectivity index (χ3n) is 4.84. The number of carboxylic acids is 1. The molecular weight excluding hydrogens is 419 g/mol. The lowest BCUT2D eigenvalue weighted by Gasteiger charge is -2.22. The van der Waals surface area contributed by atoms with Crippen molar-refractivity contribution in [2.75, 3.05) is 0 Å². The Morgan fingerprint density at radius 2 is 1.84 bits per heavy atom. The van der Waals surface area contributed by atoms with Gasteiger partial charge in [-0.3, -0.25) is 14.4 Å². The van der Waals surface area contributed by atoms with Crippen molar-refractivity contribution in [3.05, 3.63) is 46.4 Å². The zero-order valence-corrected chi connectivity index (χ0v) is 16.4. The number of nitrogens with one attached hydrogen (secondary N) is 2. The van der Waals surface area contributed by atoms with Crippen LogP contribution in [0, 0.1) is 5.92 Å². The molecule has 3 aromatic rings. The highest BCUT2D eigenvalue weighted by Gasteiger charge is 2.44. The number of fused-ring (bicyclic) bond motifs is 3. The summed E-state index contributed by atoms with van der Waals surface area (Å²) >= 11 is 0. The van der Waals surface area contributed by atoms with Crippen LogP contribution in [-0.2, 0) is 16.1 Å². The summed E-state index contributed by atoms with van der Waals surface area (Å²) < 4.78 is 39.3. The van der Waals surface area contributed by atoms with Crippen LogP contribution in [0.15, 0.2) is 35.3 Å². The van der Waals surface area contributed by atoms with Gasteiger partial charge in [-0.15, -0.1) is 0 Å². The molecule has 31 heavy (non-hydrogen) atoms. The molecule has 1 atom stereocenters. The fourth-order valence-electron chi connectivity index (χ4n) is 3.28. The number of amides is 1. The molecule has 0 spiro atoms. The first kappa shape index (κ1) is 22.1. The average molecular weight is 437 g/mol. The molecule has 11 heteroatoms. The lowest BCUT2D eigenvalue weighted by atomic mass is 9.99. The van der Waals surface area contributed by atoms with Gasteiger partial charge in [-0.1, -0.05) is 19.9 Å². The molecule has 0 radical (unpaired) electrons. The van der Waals surface area contributed by atoms with Crippen LogP contribution < -0.4 is 10.9 Å². The molecule has 1 aromatic carbocycles. The van der Waals surface area contributed by atoms with E-state index in [2.05, 4.69) is 4.98 Å². The highest BCUT2D eigenvalue weighted by atomic mass is 19.4. The maximum atomic E-state index is 12.8. The van der Waals surface area contributed by atoms with E-state index in [0.717, 1.165) is 4.57 Å². The number of carbonyl (C=O) groups is 3. The average Bonchev–Trinajstić information content (AvgIpc) is 3.05. The Bertz CT molecular complexity index is 1260. The summed E-state index contributed by atoms with van der Waals surface area (Å²) in [5.74, 6) is -4.94. The highest BCUT2D eigenvalue weighted by Crippen LogP contribution is 2.24. The number of H-pyrrole nitrogens is 1. The van der Waals surface area contributed by atoms with Gasteiger partial charge in [0.05, 0.1) is 11.6 Å². The lowest BCUT2D eigenvalue weighted by molar-refractivity contribution is -0.174. The third-order valence-corrected chi connectivity index (χ3v) is 4.84. The van der Waals surface area contributed by atoms with E-state index in [4.69, 9.17) is 5.11 Å². The number of aromatic nitrogens is 2. The molecule has 0 aliphatic rings. The number of aromatic amines is 1. The van der Waals surface area contributed by atoms with E-state index in [1.807, 2.05) is 5.32 Å². The van der Waals surface area contributed by atoms with Crippen LogP contribution in [-0.4, -0.2) is 44.5 Å². The summed E-state index contributed by atoms with van der Waals surface area (Å²) in [7, 11) is 0. The van der Waals surface area contributed by atoms with Gasteiger partial charge in [0.2, 0.25) is 5.91 Å². The summed E-state index contributed by atoms with van der Waals surface area (Å²) in [6, 6.07) is 4.06. The van der Waals surface area contributed by atoms with Crippen molar-refractivity contribution >= 4 is 39.5 Å². The van der Waals surface area contributed by atoms with Crippen LogP contribution >= 0.6 is 0 Å². The number of aromatic carboxylic acids is 1. The van der Waals surface area contributed by atoms with Gasteiger partial charge in [-0.25, -0.2) is 4.79 Å². The van der Waals surface area contributed by atoms with Gasteiger partial charge in [0.15, 0.2) is 0 Å². The van der Waals surface area contributed by atoms with Gasteiger partial charge in [-0.2, -0.15) is 13.2 Å². The largest absolute Gasteiger partial charge is 0.478 e. The molecule has 8 nitrogen and oxygen atoms in total. The predicted molar refractivity (Wildman–Crippen MR) is 105 cm³/mol. The first-order valence-electron chi connectivity index (χ1n) is 9.18. The SMILES string of the molecule is CC(C)C(NC(=O)Cn1ccc2c([nH]c3cc(C(=O)O)ccc32)c1=O)C(=O)C(F)(F)F. The van der Waals surface area contributed by atoms with Crippen molar-refractivity contribution in [1.29, 1.82) is 0 Å². The van der Waals surface area contributed by atoms with Gasteiger partial charge in [0.25, 0.3) is 11.3 Å². The van der Waals surface area contributed by atoms with Crippen LogP contribution in [0.3, 0.4) is 0 Å². The number of hydrogen-bond donors (Lipinski definition) is 3. The minimum Gasteiger partial charge on any atom is -0.478 e. The Morgan fingerprint density at radius 1 is 1.16 bits per heavy atom. The van der Waals surface area contributed by atoms with Crippen LogP contribution in [0.1, 0.15) is 24.2 Å². The predicted octanol–water partition coefficient (Wildman–Crippen LogP) is 2.45.